The van der Waals surface area contributed by atoms with E-state index in [0.717, 1.165) is 21.5 Å². The van der Waals surface area contributed by atoms with E-state index in [1.807, 2.05) is 56.3 Å². The van der Waals surface area contributed by atoms with Crippen molar-refractivity contribution in [1.82, 2.24) is 10.3 Å². The van der Waals surface area contributed by atoms with Gasteiger partial charge in [-0.15, -0.1) is 11.3 Å². The molecule has 0 spiro atoms. The molecule has 0 aliphatic rings. The van der Waals surface area contributed by atoms with E-state index >= 15 is 0 Å². The summed E-state index contributed by atoms with van der Waals surface area (Å²) in [5.74, 6) is -0.0856. The van der Waals surface area contributed by atoms with Gasteiger partial charge in [0.1, 0.15) is 0 Å². The summed E-state index contributed by atoms with van der Waals surface area (Å²) in [6.07, 6.45) is 0. The van der Waals surface area contributed by atoms with Gasteiger partial charge in [-0.05, 0) is 38.1 Å². The summed E-state index contributed by atoms with van der Waals surface area (Å²) >= 11 is 7.47. The molecule has 0 saturated carbocycles. The number of carbonyl (C=O) groups is 1. The van der Waals surface area contributed by atoms with Crippen LogP contribution in [-0.2, 0) is 0 Å². The standard InChI is InChI=1S/C17H15ClN2OS/c1-10(2)19-17(21)12-9-14(15-7-8-16(18)22-15)20-13-6-4-3-5-11(12)13/h3-10H,1-2H3,(H,19,21). The predicted octanol–water partition coefficient (Wildman–Crippen LogP) is 4.75. The van der Waals surface area contributed by atoms with Gasteiger partial charge in [-0.3, -0.25) is 4.79 Å². The Labute approximate surface area is 138 Å². The van der Waals surface area contributed by atoms with Crippen LogP contribution in [0.3, 0.4) is 0 Å². The molecular formula is C17H15ClN2OS. The summed E-state index contributed by atoms with van der Waals surface area (Å²) in [5.41, 5.74) is 2.21. The maximum atomic E-state index is 12.5. The highest BCUT2D eigenvalue weighted by molar-refractivity contribution is 7.19. The molecule has 3 rings (SSSR count). The van der Waals surface area contributed by atoms with Gasteiger partial charge in [-0.2, -0.15) is 0 Å². The van der Waals surface area contributed by atoms with Crippen LogP contribution < -0.4 is 5.32 Å². The number of nitrogens with zero attached hydrogens (tertiary/aromatic N) is 1. The predicted molar refractivity (Wildman–Crippen MR) is 92.7 cm³/mol. The van der Waals surface area contributed by atoms with Crippen LogP contribution in [0, 0.1) is 0 Å². The van der Waals surface area contributed by atoms with Crippen molar-refractivity contribution < 1.29 is 4.79 Å². The molecule has 3 nitrogen and oxygen atoms in total. The second-order valence-corrected chi connectivity index (χ2v) is 7.02. The van der Waals surface area contributed by atoms with Crippen LogP contribution in [0.25, 0.3) is 21.5 Å². The Morgan fingerprint density at radius 3 is 2.68 bits per heavy atom. The zero-order valence-corrected chi connectivity index (χ0v) is 13.8. The molecule has 2 aromatic heterocycles. The molecule has 1 N–H and O–H groups in total. The molecule has 0 radical (unpaired) electrons. The zero-order chi connectivity index (χ0) is 15.7. The average Bonchev–Trinajstić information content (AvgIpc) is 2.92. The highest BCUT2D eigenvalue weighted by Gasteiger charge is 2.15. The zero-order valence-electron chi connectivity index (χ0n) is 12.3. The number of carbonyl (C=O) groups excluding carboxylic acids is 1. The number of thiophene rings is 1. The number of hydrogen-bond donors (Lipinski definition) is 1. The third kappa shape index (κ3) is 2.98. The highest BCUT2D eigenvalue weighted by atomic mass is 35.5. The number of fused-ring (bicyclic) bond motifs is 1. The lowest BCUT2D eigenvalue weighted by molar-refractivity contribution is 0.0945. The molecule has 0 aliphatic heterocycles. The summed E-state index contributed by atoms with van der Waals surface area (Å²) in [5, 5.41) is 3.80. The fourth-order valence-electron chi connectivity index (χ4n) is 2.28. The molecule has 0 aliphatic carbocycles. The van der Waals surface area contributed by atoms with E-state index in [1.165, 1.54) is 11.3 Å². The summed E-state index contributed by atoms with van der Waals surface area (Å²) in [4.78, 5) is 18.1. The second kappa shape index (κ2) is 6.07. The van der Waals surface area contributed by atoms with Gasteiger partial charge in [-0.1, -0.05) is 29.8 Å². The summed E-state index contributed by atoms with van der Waals surface area (Å²) in [6, 6.07) is 13.4. The quantitative estimate of drug-likeness (QED) is 0.752. The Balaban J connectivity index is 2.18. The van der Waals surface area contributed by atoms with Crippen molar-refractivity contribution in [2.45, 2.75) is 19.9 Å². The number of nitrogens with one attached hydrogen (secondary N) is 1. The van der Waals surface area contributed by atoms with Gasteiger partial charge in [0.15, 0.2) is 0 Å². The Kier molecular flexibility index (Phi) is 4.14. The number of pyridine rings is 1. The molecule has 1 amide bonds. The van der Waals surface area contributed by atoms with Crippen LogP contribution in [0.2, 0.25) is 4.34 Å². The third-order valence-corrected chi connectivity index (χ3v) is 4.46. The largest absolute Gasteiger partial charge is 0.350 e. The van der Waals surface area contributed by atoms with Crippen LogP contribution in [-0.4, -0.2) is 16.9 Å². The monoisotopic (exact) mass is 330 g/mol. The molecule has 0 atom stereocenters. The summed E-state index contributed by atoms with van der Waals surface area (Å²) in [7, 11) is 0. The van der Waals surface area contributed by atoms with E-state index in [1.54, 1.807) is 0 Å². The van der Waals surface area contributed by atoms with Gasteiger partial charge in [0.25, 0.3) is 5.91 Å². The molecule has 0 fully saturated rings. The lowest BCUT2D eigenvalue weighted by Crippen LogP contribution is -2.30. The van der Waals surface area contributed by atoms with E-state index in [2.05, 4.69) is 10.3 Å². The maximum Gasteiger partial charge on any atom is 0.252 e. The number of para-hydroxylation sites is 1. The van der Waals surface area contributed by atoms with Crippen LogP contribution in [0.15, 0.2) is 42.5 Å². The first-order valence-corrected chi connectivity index (χ1v) is 8.20. The van der Waals surface area contributed by atoms with Gasteiger partial charge in [0.2, 0.25) is 0 Å². The van der Waals surface area contributed by atoms with E-state index in [0.29, 0.717) is 9.90 Å². The maximum absolute atomic E-state index is 12.5. The van der Waals surface area contributed by atoms with Gasteiger partial charge in [-0.25, -0.2) is 4.98 Å². The van der Waals surface area contributed by atoms with E-state index < -0.39 is 0 Å². The lowest BCUT2D eigenvalue weighted by atomic mass is 10.1. The lowest BCUT2D eigenvalue weighted by Gasteiger charge is -2.11. The molecule has 22 heavy (non-hydrogen) atoms. The van der Waals surface area contributed by atoms with Crippen molar-refractivity contribution >= 4 is 39.7 Å². The minimum absolute atomic E-state index is 0.0825. The molecule has 1 aromatic carbocycles. The molecule has 0 bridgehead atoms. The van der Waals surface area contributed by atoms with E-state index in [9.17, 15) is 4.79 Å². The average molecular weight is 331 g/mol. The van der Waals surface area contributed by atoms with Crippen LogP contribution >= 0.6 is 22.9 Å². The van der Waals surface area contributed by atoms with Crippen molar-refractivity contribution in [1.29, 1.82) is 0 Å². The van der Waals surface area contributed by atoms with Crippen LogP contribution in [0.4, 0.5) is 0 Å². The number of amides is 1. The second-order valence-electron chi connectivity index (χ2n) is 5.30. The Morgan fingerprint density at radius 2 is 2.00 bits per heavy atom. The Hall–Kier alpha value is -1.91. The molecular weight excluding hydrogens is 316 g/mol. The van der Waals surface area contributed by atoms with Crippen molar-refractivity contribution in [2.24, 2.45) is 0 Å². The van der Waals surface area contributed by atoms with Crippen molar-refractivity contribution in [3.63, 3.8) is 0 Å². The number of aromatic nitrogens is 1. The summed E-state index contributed by atoms with van der Waals surface area (Å²) < 4.78 is 0.707. The van der Waals surface area contributed by atoms with E-state index in [4.69, 9.17) is 11.6 Å². The molecule has 112 valence electrons. The normalized spacial score (nSPS) is 11.1. The molecule has 0 saturated heterocycles. The van der Waals surface area contributed by atoms with Gasteiger partial charge in [0, 0.05) is 11.4 Å². The number of rotatable bonds is 3. The van der Waals surface area contributed by atoms with Crippen molar-refractivity contribution in [3.8, 4) is 10.6 Å². The fraction of sp³-hybridized carbons (Fsp3) is 0.176. The Morgan fingerprint density at radius 1 is 1.23 bits per heavy atom. The topological polar surface area (TPSA) is 42.0 Å². The molecule has 3 aromatic rings. The molecule has 0 unspecified atom stereocenters. The molecule has 2 heterocycles. The van der Waals surface area contributed by atoms with Crippen molar-refractivity contribution in [2.75, 3.05) is 0 Å². The van der Waals surface area contributed by atoms with Crippen LogP contribution in [0.5, 0.6) is 0 Å². The summed E-state index contributed by atoms with van der Waals surface area (Å²) in [6.45, 7) is 3.89. The van der Waals surface area contributed by atoms with Gasteiger partial charge in [0.05, 0.1) is 26.0 Å². The first kappa shape index (κ1) is 15.0. The fourth-order valence-corrected chi connectivity index (χ4v) is 3.29. The molecule has 5 heteroatoms. The Bertz CT molecular complexity index is 842. The van der Waals surface area contributed by atoms with Gasteiger partial charge >= 0.3 is 0 Å². The third-order valence-electron chi connectivity index (χ3n) is 3.21. The highest BCUT2D eigenvalue weighted by Crippen LogP contribution is 2.32. The number of hydrogen-bond acceptors (Lipinski definition) is 3. The first-order valence-electron chi connectivity index (χ1n) is 7.01. The number of benzene rings is 1. The van der Waals surface area contributed by atoms with E-state index in [-0.39, 0.29) is 11.9 Å². The van der Waals surface area contributed by atoms with Crippen LogP contribution in [0.1, 0.15) is 24.2 Å². The van der Waals surface area contributed by atoms with Crippen molar-refractivity contribution in [3.05, 3.63) is 52.4 Å². The number of halogens is 1. The minimum Gasteiger partial charge on any atom is -0.350 e. The first-order chi connectivity index (χ1) is 10.5. The SMILES string of the molecule is CC(C)NC(=O)c1cc(-c2ccc(Cl)s2)nc2ccccc12. The smallest absolute Gasteiger partial charge is 0.252 e. The minimum atomic E-state index is -0.0856. The van der Waals surface area contributed by atoms with Gasteiger partial charge < -0.3 is 5.32 Å².